The number of rotatable bonds is 2. The van der Waals surface area contributed by atoms with Gasteiger partial charge in [0.05, 0.1) is 17.6 Å². The predicted octanol–water partition coefficient (Wildman–Crippen LogP) is 1.45. The quantitative estimate of drug-likeness (QED) is 0.758. The van der Waals surface area contributed by atoms with Crippen molar-refractivity contribution < 1.29 is 0 Å². The molecule has 0 bridgehead atoms. The maximum absolute atomic E-state index is 5.99. The second-order valence-electron chi connectivity index (χ2n) is 4.02. The minimum Gasteiger partial charge on any atom is -0.369 e. The predicted molar refractivity (Wildman–Crippen MR) is 69.3 cm³/mol. The minimum absolute atomic E-state index is 0.430. The van der Waals surface area contributed by atoms with Crippen molar-refractivity contribution in [1.82, 2.24) is 24.3 Å². The largest absolute Gasteiger partial charge is 0.369 e. The maximum Gasteiger partial charge on any atom is 0.201 e. The highest BCUT2D eigenvalue weighted by atomic mass is 35.5. The van der Waals surface area contributed by atoms with Crippen LogP contribution in [0.4, 0.5) is 5.95 Å². The van der Waals surface area contributed by atoms with E-state index >= 15 is 0 Å². The molecule has 3 aromatic rings. The van der Waals surface area contributed by atoms with E-state index in [1.165, 1.54) is 0 Å². The lowest BCUT2D eigenvalue weighted by Crippen LogP contribution is -2.06. The maximum atomic E-state index is 5.99. The molecule has 0 aliphatic heterocycles. The van der Waals surface area contributed by atoms with Crippen LogP contribution < -0.4 is 5.73 Å². The molecule has 0 saturated carbocycles. The van der Waals surface area contributed by atoms with Crippen LogP contribution in [0.2, 0.25) is 5.02 Å². The Morgan fingerprint density at radius 1 is 1.39 bits per heavy atom. The molecule has 92 valence electrons. The Kier molecular flexibility index (Phi) is 2.45. The zero-order chi connectivity index (χ0) is 12.7. The summed E-state index contributed by atoms with van der Waals surface area (Å²) in [6.45, 7) is 0.476. The van der Waals surface area contributed by atoms with Crippen LogP contribution in [0, 0.1) is 0 Å². The molecule has 0 amide bonds. The molecule has 0 radical (unpaired) electrons. The van der Waals surface area contributed by atoms with E-state index in [4.69, 9.17) is 17.3 Å². The molecular weight excluding hydrogens is 252 g/mol. The van der Waals surface area contributed by atoms with Gasteiger partial charge in [-0.15, -0.1) is 0 Å². The van der Waals surface area contributed by atoms with Crippen LogP contribution >= 0.6 is 11.6 Å². The summed E-state index contributed by atoms with van der Waals surface area (Å²) in [4.78, 5) is 8.45. The van der Waals surface area contributed by atoms with Gasteiger partial charge in [0, 0.05) is 12.1 Å². The van der Waals surface area contributed by atoms with Crippen LogP contribution in [0.15, 0.2) is 24.5 Å². The number of imidazole rings is 1. The lowest BCUT2D eigenvalue weighted by Gasteiger charge is -2.03. The first kappa shape index (κ1) is 11.0. The van der Waals surface area contributed by atoms with Crippen molar-refractivity contribution in [2.45, 2.75) is 6.54 Å². The summed E-state index contributed by atoms with van der Waals surface area (Å²) in [5, 5.41) is 4.87. The van der Waals surface area contributed by atoms with Crippen LogP contribution in [0.5, 0.6) is 0 Å². The van der Waals surface area contributed by atoms with Crippen molar-refractivity contribution in [3.05, 3.63) is 35.4 Å². The molecule has 2 heterocycles. The number of hydrogen-bond acceptors (Lipinski definition) is 4. The van der Waals surface area contributed by atoms with Gasteiger partial charge in [0.1, 0.15) is 6.33 Å². The third-order valence-electron chi connectivity index (χ3n) is 2.69. The van der Waals surface area contributed by atoms with Crippen molar-refractivity contribution in [3.63, 3.8) is 0 Å². The van der Waals surface area contributed by atoms with Gasteiger partial charge in [0.15, 0.2) is 5.82 Å². The smallest absolute Gasteiger partial charge is 0.201 e. The van der Waals surface area contributed by atoms with Crippen LogP contribution in [0.1, 0.15) is 5.82 Å². The highest BCUT2D eigenvalue weighted by Crippen LogP contribution is 2.22. The van der Waals surface area contributed by atoms with Crippen LogP contribution in [0.3, 0.4) is 0 Å². The van der Waals surface area contributed by atoms with Crippen LogP contribution in [-0.2, 0) is 13.6 Å². The number of aryl methyl sites for hydroxylation is 1. The Hall–Kier alpha value is -2.08. The summed E-state index contributed by atoms with van der Waals surface area (Å²) in [5.74, 6) is 1.11. The van der Waals surface area contributed by atoms with Gasteiger partial charge in [-0.25, -0.2) is 9.97 Å². The van der Waals surface area contributed by atoms with E-state index in [1.807, 2.05) is 23.7 Å². The SMILES string of the molecule is Cn1cnc(Cn2c(N)nc3ccc(Cl)cc32)n1. The average Bonchev–Trinajstić information content (AvgIpc) is 2.86. The van der Waals surface area contributed by atoms with Gasteiger partial charge in [0.25, 0.3) is 0 Å². The number of anilines is 1. The van der Waals surface area contributed by atoms with Crippen molar-refractivity contribution >= 4 is 28.6 Å². The first-order valence-electron chi connectivity index (χ1n) is 5.39. The number of aromatic nitrogens is 5. The molecule has 1 aromatic carbocycles. The molecule has 2 aromatic heterocycles. The highest BCUT2D eigenvalue weighted by molar-refractivity contribution is 6.31. The summed E-state index contributed by atoms with van der Waals surface area (Å²) >= 11 is 5.99. The molecular formula is C11H11ClN6. The number of nitrogen functional groups attached to an aromatic ring is 1. The lowest BCUT2D eigenvalue weighted by atomic mass is 10.3. The first-order valence-corrected chi connectivity index (χ1v) is 5.77. The van der Waals surface area contributed by atoms with E-state index in [2.05, 4.69) is 15.1 Å². The van der Waals surface area contributed by atoms with E-state index in [1.54, 1.807) is 17.1 Å². The summed E-state index contributed by atoms with van der Waals surface area (Å²) < 4.78 is 3.49. The molecule has 0 aliphatic carbocycles. The lowest BCUT2D eigenvalue weighted by molar-refractivity contribution is 0.715. The van der Waals surface area contributed by atoms with E-state index in [-0.39, 0.29) is 0 Å². The van der Waals surface area contributed by atoms with E-state index in [0.29, 0.717) is 23.3 Å². The Bertz CT molecular complexity index is 713. The Morgan fingerprint density at radius 3 is 2.94 bits per heavy atom. The topological polar surface area (TPSA) is 74.5 Å². The molecule has 3 rings (SSSR count). The summed E-state index contributed by atoms with van der Waals surface area (Å²) in [6, 6.07) is 5.47. The van der Waals surface area contributed by atoms with Crippen molar-refractivity contribution in [2.75, 3.05) is 5.73 Å². The molecule has 0 saturated heterocycles. The van der Waals surface area contributed by atoms with Gasteiger partial charge in [-0.1, -0.05) is 11.6 Å². The second kappa shape index (κ2) is 3.99. The zero-order valence-corrected chi connectivity index (χ0v) is 10.5. The average molecular weight is 263 g/mol. The molecule has 6 nitrogen and oxygen atoms in total. The van der Waals surface area contributed by atoms with E-state index < -0.39 is 0 Å². The molecule has 0 aliphatic rings. The summed E-state index contributed by atoms with van der Waals surface area (Å²) in [5.41, 5.74) is 7.60. The zero-order valence-electron chi connectivity index (χ0n) is 9.71. The Morgan fingerprint density at radius 2 is 2.22 bits per heavy atom. The van der Waals surface area contributed by atoms with Crippen LogP contribution in [-0.4, -0.2) is 24.3 Å². The fraction of sp³-hybridized carbons (Fsp3) is 0.182. The van der Waals surface area contributed by atoms with Gasteiger partial charge in [-0.05, 0) is 18.2 Å². The standard InChI is InChI=1S/C11H11ClN6/c1-17-6-14-10(16-17)5-18-9-4-7(12)2-3-8(9)15-11(18)13/h2-4,6H,5H2,1H3,(H2,13,15). The number of fused-ring (bicyclic) bond motifs is 1. The monoisotopic (exact) mass is 262 g/mol. The first-order chi connectivity index (χ1) is 8.63. The molecule has 0 spiro atoms. The molecule has 0 unspecified atom stereocenters. The molecule has 0 atom stereocenters. The number of nitrogens with two attached hydrogens (primary N) is 1. The second-order valence-corrected chi connectivity index (χ2v) is 4.46. The third kappa shape index (κ3) is 1.80. The van der Waals surface area contributed by atoms with Crippen molar-refractivity contribution in [3.8, 4) is 0 Å². The van der Waals surface area contributed by atoms with Crippen LogP contribution in [0.25, 0.3) is 11.0 Å². The van der Waals surface area contributed by atoms with Gasteiger partial charge in [0.2, 0.25) is 5.95 Å². The summed E-state index contributed by atoms with van der Waals surface area (Å²) in [7, 11) is 1.82. The van der Waals surface area contributed by atoms with Gasteiger partial charge in [-0.2, -0.15) is 5.10 Å². The molecule has 7 heteroatoms. The number of halogens is 1. The minimum atomic E-state index is 0.430. The molecule has 0 fully saturated rings. The number of benzene rings is 1. The fourth-order valence-corrected chi connectivity index (χ4v) is 2.04. The van der Waals surface area contributed by atoms with Gasteiger partial charge < -0.3 is 10.3 Å². The molecule has 2 N–H and O–H groups in total. The highest BCUT2D eigenvalue weighted by Gasteiger charge is 2.10. The number of hydrogen-bond donors (Lipinski definition) is 1. The number of nitrogens with zero attached hydrogens (tertiary/aromatic N) is 5. The fourth-order valence-electron chi connectivity index (χ4n) is 1.88. The van der Waals surface area contributed by atoms with Crippen molar-refractivity contribution in [2.24, 2.45) is 7.05 Å². The Balaban J connectivity index is 2.10. The summed E-state index contributed by atoms with van der Waals surface area (Å²) in [6.07, 6.45) is 1.65. The normalized spacial score (nSPS) is 11.2. The molecule has 18 heavy (non-hydrogen) atoms. The van der Waals surface area contributed by atoms with E-state index in [0.717, 1.165) is 11.0 Å². The van der Waals surface area contributed by atoms with Gasteiger partial charge >= 0.3 is 0 Å². The van der Waals surface area contributed by atoms with E-state index in [9.17, 15) is 0 Å². The third-order valence-corrected chi connectivity index (χ3v) is 2.92. The Labute approximate surface area is 108 Å². The van der Waals surface area contributed by atoms with Gasteiger partial charge in [-0.3, -0.25) is 4.68 Å². The van der Waals surface area contributed by atoms with Crippen molar-refractivity contribution in [1.29, 1.82) is 0 Å².